The van der Waals surface area contributed by atoms with Crippen molar-refractivity contribution in [1.82, 2.24) is 15.0 Å². The average Bonchev–Trinajstić information content (AvgIpc) is 3.15. The van der Waals surface area contributed by atoms with Crippen LogP contribution in [0.25, 0.3) is 16.9 Å². The van der Waals surface area contributed by atoms with E-state index in [4.69, 9.17) is 9.88 Å². The first kappa shape index (κ1) is 18.7. The highest BCUT2D eigenvalue weighted by Crippen LogP contribution is 2.23. The molecular formula is C18H18N4O4S. The van der Waals surface area contributed by atoms with Crippen molar-refractivity contribution in [3.8, 4) is 16.9 Å². The summed E-state index contributed by atoms with van der Waals surface area (Å²) in [5.41, 5.74) is 2.53. The number of hydrogen-bond donors (Lipinski definition) is 1. The van der Waals surface area contributed by atoms with Crippen molar-refractivity contribution >= 4 is 16.0 Å². The molecule has 0 amide bonds. The van der Waals surface area contributed by atoms with Crippen molar-refractivity contribution < 1.29 is 17.9 Å². The van der Waals surface area contributed by atoms with E-state index in [2.05, 4.69) is 10.3 Å². The third-order valence-electron chi connectivity index (χ3n) is 3.81. The predicted octanol–water partition coefficient (Wildman–Crippen LogP) is 2.15. The summed E-state index contributed by atoms with van der Waals surface area (Å²) in [6.45, 7) is 2.31. The molecule has 0 fully saturated rings. The lowest BCUT2D eigenvalue weighted by Crippen LogP contribution is -2.11. The number of aromatic nitrogens is 3. The van der Waals surface area contributed by atoms with E-state index in [1.165, 1.54) is 12.1 Å². The Morgan fingerprint density at radius 1 is 1.11 bits per heavy atom. The fourth-order valence-corrected chi connectivity index (χ4v) is 2.97. The number of primary sulfonamides is 1. The Balaban J connectivity index is 1.88. The lowest BCUT2D eigenvalue weighted by atomic mass is 10.1. The van der Waals surface area contributed by atoms with Crippen molar-refractivity contribution in [2.24, 2.45) is 5.14 Å². The molecule has 140 valence electrons. The quantitative estimate of drug-likeness (QED) is 0.649. The van der Waals surface area contributed by atoms with Crippen LogP contribution in [0.5, 0.6) is 0 Å². The van der Waals surface area contributed by atoms with Gasteiger partial charge in [-0.15, -0.1) is 5.10 Å². The minimum atomic E-state index is -3.75. The van der Waals surface area contributed by atoms with E-state index in [0.717, 1.165) is 12.0 Å². The van der Waals surface area contributed by atoms with Crippen molar-refractivity contribution in [3.63, 3.8) is 0 Å². The zero-order valence-electron chi connectivity index (χ0n) is 14.6. The minimum absolute atomic E-state index is 0.0280. The minimum Gasteiger partial charge on any atom is -0.462 e. The van der Waals surface area contributed by atoms with Gasteiger partial charge in [-0.25, -0.2) is 23.0 Å². The van der Waals surface area contributed by atoms with Gasteiger partial charge in [0.05, 0.1) is 34.6 Å². The van der Waals surface area contributed by atoms with Gasteiger partial charge in [0.2, 0.25) is 10.0 Å². The molecule has 0 saturated carbocycles. The molecule has 0 aliphatic heterocycles. The van der Waals surface area contributed by atoms with E-state index in [1.807, 2.05) is 6.92 Å². The maximum atomic E-state index is 11.9. The number of ether oxygens (including phenoxy) is 1. The van der Waals surface area contributed by atoms with Crippen molar-refractivity contribution in [2.75, 3.05) is 6.61 Å². The van der Waals surface area contributed by atoms with Crippen molar-refractivity contribution in [2.45, 2.75) is 18.2 Å². The highest BCUT2D eigenvalue weighted by molar-refractivity contribution is 7.89. The standard InChI is InChI=1S/C18H18N4O4S/c1-2-11-26-18(23)14-3-7-15(8-4-14)22-17(12-20-21-22)13-5-9-16(10-6-13)27(19,24)25/h3-10,12H,2,11H2,1H3,(H2,19,24,25). The van der Waals surface area contributed by atoms with Crippen LogP contribution in [0.15, 0.2) is 59.6 Å². The van der Waals surface area contributed by atoms with Gasteiger partial charge in [-0.1, -0.05) is 24.3 Å². The SMILES string of the molecule is CCCOC(=O)c1ccc(-n2nncc2-c2ccc(S(N)(=O)=O)cc2)cc1. The maximum absolute atomic E-state index is 11.9. The zero-order valence-corrected chi connectivity index (χ0v) is 15.4. The fourth-order valence-electron chi connectivity index (χ4n) is 2.45. The number of rotatable bonds is 6. The molecule has 0 aliphatic carbocycles. The first-order valence-electron chi connectivity index (χ1n) is 8.21. The van der Waals surface area contributed by atoms with Crippen LogP contribution in [0.2, 0.25) is 0 Å². The Hall–Kier alpha value is -3.04. The van der Waals surface area contributed by atoms with Crippen molar-refractivity contribution in [1.29, 1.82) is 0 Å². The molecule has 0 atom stereocenters. The number of nitrogens with zero attached hydrogens (tertiary/aromatic N) is 3. The fraction of sp³-hybridized carbons (Fsp3) is 0.167. The molecule has 0 unspecified atom stereocenters. The molecule has 1 aromatic heterocycles. The molecule has 0 saturated heterocycles. The molecular weight excluding hydrogens is 368 g/mol. The average molecular weight is 386 g/mol. The van der Waals surface area contributed by atoms with Crippen LogP contribution < -0.4 is 5.14 Å². The van der Waals surface area contributed by atoms with Crippen molar-refractivity contribution in [3.05, 3.63) is 60.3 Å². The Bertz CT molecular complexity index is 1040. The Kier molecular flexibility index (Phi) is 5.33. The van der Waals surface area contributed by atoms with Crippen LogP contribution in [-0.2, 0) is 14.8 Å². The molecule has 27 heavy (non-hydrogen) atoms. The third kappa shape index (κ3) is 4.21. The lowest BCUT2D eigenvalue weighted by molar-refractivity contribution is 0.0505. The summed E-state index contributed by atoms with van der Waals surface area (Å²) in [6.07, 6.45) is 2.33. The molecule has 2 aromatic carbocycles. The second-order valence-electron chi connectivity index (χ2n) is 5.78. The Morgan fingerprint density at radius 2 is 1.78 bits per heavy atom. The number of benzene rings is 2. The van der Waals surface area contributed by atoms with Gasteiger partial charge in [-0.2, -0.15) is 0 Å². The number of esters is 1. The predicted molar refractivity (Wildman–Crippen MR) is 98.7 cm³/mol. The molecule has 0 aliphatic rings. The molecule has 0 radical (unpaired) electrons. The van der Waals surface area contributed by atoms with Gasteiger partial charge in [0.1, 0.15) is 0 Å². The normalized spacial score (nSPS) is 11.3. The summed E-state index contributed by atoms with van der Waals surface area (Å²) in [6, 6.07) is 12.9. The molecule has 3 aromatic rings. The molecule has 1 heterocycles. The molecule has 2 N–H and O–H groups in total. The summed E-state index contributed by atoms with van der Waals surface area (Å²) >= 11 is 0. The molecule has 3 rings (SSSR count). The number of sulfonamides is 1. The molecule has 9 heteroatoms. The second kappa shape index (κ2) is 7.68. The first-order chi connectivity index (χ1) is 12.9. The smallest absolute Gasteiger partial charge is 0.338 e. The second-order valence-corrected chi connectivity index (χ2v) is 7.34. The third-order valence-corrected chi connectivity index (χ3v) is 4.74. The summed E-state index contributed by atoms with van der Waals surface area (Å²) < 4.78 is 29.5. The van der Waals surface area contributed by atoms with Gasteiger partial charge in [-0.3, -0.25) is 0 Å². The summed E-state index contributed by atoms with van der Waals surface area (Å²) in [5.74, 6) is -0.374. The number of carbonyl (C=O) groups excluding carboxylic acids is 1. The van der Waals surface area contributed by atoms with Crippen LogP contribution in [0.4, 0.5) is 0 Å². The van der Waals surface area contributed by atoms with Gasteiger partial charge >= 0.3 is 5.97 Å². The van der Waals surface area contributed by atoms with E-state index < -0.39 is 10.0 Å². The van der Waals surface area contributed by atoms with Gasteiger partial charge in [-0.05, 0) is 42.8 Å². The first-order valence-corrected chi connectivity index (χ1v) is 9.76. The summed E-state index contributed by atoms with van der Waals surface area (Å²) in [5, 5.41) is 13.1. The van der Waals surface area contributed by atoms with Crippen LogP contribution in [0.1, 0.15) is 23.7 Å². The number of hydrogen-bond acceptors (Lipinski definition) is 6. The lowest BCUT2D eigenvalue weighted by Gasteiger charge is -2.08. The van der Waals surface area contributed by atoms with Crippen LogP contribution in [-0.4, -0.2) is 36.0 Å². The summed E-state index contributed by atoms with van der Waals surface area (Å²) in [4.78, 5) is 11.9. The number of carbonyl (C=O) groups is 1. The number of nitrogens with two attached hydrogens (primary N) is 1. The zero-order chi connectivity index (χ0) is 19.4. The van der Waals surface area contributed by atoms with Gasteiger partial charge < -0.3 is 4.74 Å². The molecule has 0 bridgehead atoms. The summed E-state index contributed by atoms with van der Waals surface area (Å²) in [7, 11) is -3.75. The highest BCUT2D eigenvalue weighted by atomic mass is 32.2. The van der Waals surface area contributed by atoms with Gasteiger partial charge in [0.15, 0.2) is 0 Å². The topological polar surface area (TPSA) is 117 Å². The van der Waals surface area contributed by atoms with E-state index >= 15 is 0 Å². The Labute approximate surface area is 156 Å². The monoisotopic (exact) mass is 386 g/mol. The van der Waals surface area contributed by atoms with E-state index in [-0.39, 0.29) is 10.9 Å². The van der Waals surface area contributed by atoms with Crippen LogP contribution in [0, 0.1) is 0 Å². The van der Waals surface area contributed by atoms with Gasteiger partial charge in [0, 0.05) is 5.56 Å². The Morgan fingerprint density at radius 3 is 2.37 bits per heavy atom. The molecule has 8 nitrogen and oxygen atoms in total. The maximum Gasteiger partial charge on any atom is 0.338 e. The van der Waals surface area contributed by atoms with Crippen LogP contribution >= 0.6 is 0 Å². The largest absolute Gasteiger partial charge is 0.462 e. The van der Waals surface area contributed by atoms with E-state index in [9.17, 15) is 13.2 Å². The highest BCUT2D eigenvalue weighted by Gasteiger charge is 2.13. The van der Waals surface area contributed by atoms with E-state index in [0.29, 0.717) is 23.6 Å². The van der Waals surface area contributed by atoms with E-state index in [1.54, 1.807) is 47.3 Å². The molecule has 0 spiro atoms. The van der Waals surface area contributed by atoms with Crippen LogP contribution in [0.3, 0.4) is 0 Å². The van der Waals surface area contributed by atoms with Gasteiger partial charge in [0.25, 0.3) is 0 Å².